The van der Waals surface area contributed by atoms with E-state index in [0.717, 1.165) is 15.7 Å². The summed E-state index contributed by atoms with van der Waals surface area (Å²) >= 11 is 1.69. The van der Waals surface area contributed by atoms with Crippen molar-refractivity contribution < 1.29 is 0 Å². The van der Waals surface area contributed by atoms with E-state index >= 15 is 0 Å². The molecule has 3 heterocycles. The Bertz CT molecular complexity index is 521. The van der Waals surface area contributed by atoms with Gasteiger partial charge in [-0.25, -0.2) is 4.98 Å². The fourth-order valence-electron chi connectivity index (χ4n) is 1.43. The Labute approximate surface area is 78.9 Å². The van der Waals surface area contributed by atoms with Gasteiger partial charge in [-0.15, -0.1) is 11.3 Å². The predicted octanol–water partition coefficient (Wildman–Crippen LogP) is 2.84. The number of pyridine rings is 2. The van der Waals surface area contributed by atoms with E-state index in [1.54, 1.807) is 11.3 Å². The van der Waals surface area contributed by atoms with Crippen LogP contribution < -0.4 is 0 Å². The van der Waals surface area contributed by atoms with Gasteiger partial charge in [0, 0.05) is 17.8 Å². The zero-order valence-electron chi connectivity index (χ0n) is 6.77. The highest BCUT2D eigenvalue weighted by Gasteiger charge is 2.04. The number of rotatable bonds is 0. The van der Waals surface area contributed by atoms with E-state index in [2.05, 4.69) is 22.1 Å². The Morgan fingerprint density at radius 3 is 2.85 bits per heavy atom. The maximum atomic E-state index is 4.34. The van der Waals surface area contributed by atoms with Gasteiger partial charge in [0.15, 0.2) is 0 Å². The molecule has 0 atom stereocenters. The molecule has 0 saturated carbocycles. The Balaban J connectivity index is 2.64. The van der Waals surface area contributed by atoms with Crippen LogP contribution in [0.25, 0.3) is 20.4 Å². The summed E-state index contributed by atoms with van der Waals surface area (Å²) in [5.41, 5.74) is 1.07. The van der Waals surface area contributed by atoms with E-state index < -0.39 is 0 Å². The average molecular weight is 186 g/mol. The third-order valence-electron chi connectivity index (χ3n) is 2.00. The van der Waals surface area contributed by atoms with Gasteiger partial charge in [0.05, 0.1) is 10.2 Å². The topological polar surface area (TPSA) is 25.8 Å². The van der Waals surface area contributed by atoms with E-state index in [1.807, 2.05) is 24.5 Å². The number of aromatic nitrogens is 2. The third-order valence-corrected chi connectivity index (χ3v) is 3.07. The molecule has 3 aromatic heterocycles. The van der Waals surface area contributed by atoms with Crippen molar-refractivity contribution in [3.8, 4) is 0 Å². The van der Waals surface area contributed by atoms with Crippen LogP contribution >= 0.6 is 11.3 Å². The first-order valence-electron chi connectivity index (χ1n) is 4.03. The molecule has 0 spiro atoms. The van der Waals surface area contributed by atoms with Crippen molar-refractivity contribution in [1.29, 1.82) is 0 Å². The summed E-state index contributed by atoms with van der Waals surface area (Å²) < 4.78 is 1.20. The quantitative estimate of drug-likeness (QED) is 0.539. The molecule has 0 aliphatic carbocycles. The SMILES string of the molecule is c1cnc2c(c1)sc1ncccc12. The summed E-state index contributed by atoms with van der Waals surface area (Å²) in [7, 11) is 0. The molecule has 3 aromatic rings. The smallest absolute Gasteiger partial charge is 0.126 e. The van der Waals surface area contributed by atoms with Gasteiger partial charge in [0.1, 0.15) is 4.83 Å². The number of nitrogens with zero attached hydrogens (tertiary/aromatic N) is 2. The lowest BCUT2D eigenvalue weighted by molar-refractivity contribution is 1.42. The molecule has 0 saturated heterocycles. The highest BCUT2D eigenvalue weighted by molar-refractivity contribution is 7.25. The number of fused-ring (bicyclic) bond motifs is 3. The summed E-state index contributed by atoms with van der Waals surface area (Å²) in [6, 6.07) is 8.05. The van der Waals surface area contributed by atoms with Gasteiger partial charge in [-0.2, -0.15) is 0 Å². The van der Waals surface area contributed by atoms with Crippen LogP contribution in [0.1, 0.15) is 0 Å². The maximum absolute atomic E-state index is 4.34. The molecule has 0 aliphatic heterocycles. The van der Waals surface area contributed by atoms with Crippen LogP contribution in [-0.4, -0.2) is 9.97 Å². The first-order chi connectivity index (χ1) is 6.45. The van der Waals surface area contributed by atoms with E-state index in [-0.39, 0.29) is 0 Å². The van der Waals surface area contributed by atoms with E-state index in [9.17, 15) is 0 Å². The van der Waals surface area contributed by atoms with Gasteiger partial charge in [0.2, 0.25) is 0 Å². The highest BCUT2D eigenvalue weighted by Crippen LogP contribution is 2.29. The normalized spacial score (nSPS) is 11.1. The Hall–Kier alpha value is -1.48. The van der Waals surface area contributed by atoms with Crippen molar-refractivity contribution in [3.63, 3.8) is 0 Å². The van der Waals surface area contributed by atoms with Crippen molar-refractivity contribution in [1.82, 2.24) is 9.97 Å². The number of hydrogen-bond acceptors (Lipinski definition) is 3. The van der Waals surface area contributed by atoms with Crippen LogP contribution in [0.4, 0.5) is 0 Å². The third kappa shape index (κ3) is 0.939. The van der Waals surface area contributed by atoms with Gasteiger partial charge in [-0.05, 0) is 24.3 Å². The zero-order valence-corrected chi connectivity index (χ0v) is 7.58. The first kappa shape index (κ1) is 6.97. The van der Waals surface area contributed by atoms with Crippen LogP contribution in [0.5, 0.6) is 0 Å². The van der Waals surface area contributed by atoms with E-state index in [4.69, 9.17) is 0 Å². The lowest BCUT2D eigenvalue weighted by Crippen LogP contribution is -1.71. The Morgan fingerprint density at radius 1 is 1.00 bits per heavy atom. The molecule has 0 aliphatic rings. The van der Waals surface area contributed by atoms with Gasteiger partial charge >= 0.3 is 0 Å². The molecule has 0 unspecified atom stereocenters. The molecular weight excluding hydrogens is 180 g/mol. The zero-order chi connectivity index (χ0) is 8.67. The maximum Gasteiger partial charge on any atom is 0.126 e. The van der Waals surface area contributed by atoms with Crippen molar-refractivity contribution in [3.05, 3.63) is 36.7 Å². The molecule has 62 valence electrons. The standard InChI is InChI=1S/C10H6N2S/c1-3-7-9-8(4-2-5-11-9)13-10(7)12-6-1/h1-6H. The molecule has 0 N–H and O–H groups in total. The molecule has 2 nitrogen and oxygen atoms in total. The van der Waals surface area contributed by atoms with Crippen molar-refractivity contribution in [2.24, 2.45) is 0 Å². The fourth-order valence-corrected chi connectivity index (χ4v) is 2.43. The minimum absolute atomic E-state index is 1.07. The summed E-state index contributed by atoms with van der Waals surface area (Å²) in [6.07, 6.45) is 3.64. The molecule has 3 heteroatoms. The summed E-state index contributed by atoms with van der Waals surface area (Å²) in [5.74, 6) is 0. The van der Waals surface area contributed by atoms with Crippen LogP contribution in [0.2, 0.25) is 0 Å². The predicted molar refractivity (Wildman–Crippen MR) is 54.9 cm³/mol. The number of thiophene rings is 1. The molecule has 0 radical (unpaired) electrons. The molecule has 0 amide bonds. The summed E-state index contributed by atoms with van der Waals surface area (Å²) in [6.45, 7) is 0. The minimum Gasteiger partial charge on any atom is -0.255 e. The van der Waals surface area contributed by atoms with Crippen molar-refractivity contribution in [2.45, 2.75) is 0 Å². The van der Waals surface area contributed by atoms with Gasteiger partial charge < -0.3 is 0 Å². The molecule has 0 aromatic carbocycles. The molecule has 3 rings (SSSR count). The first-order valence-corrected chi connectivity index (χ1v) is 4.85. The lowest BCUT2D eigenvalue weighted by Gasteiger charge is -1.86. The lowest BCUT2D eigenvalue weighted by atomic mass is 10.3. The minimum atomic E-state index is 1.07. The van der Waals surface area contributed by atoms with Crippen molar-refractivity contribution >= 4 is 31.8 Å². The number of hydrogen-bond donors (Lipinski definition) is 0. The molecular formula is C10H6N2S. The highest BCUT2D eigenvalue weighted by atomic mass is 32.1. The van der Waals surface area contributed by atoms with Gasteiger partial charge in [-0.1, -0.05) is 0 Å². The van der Waals surface area contributed by atoms with Crippen LogP contribution in [-0.2, 0) is 0 Å². The Kier molecular flexibility index (Phi) is 1.34. The molecule has 0 fully saturated rings. The van der Waals surface area contributed by atoms with E-state index in [0.29, 0.717) is 0 Å². The Morgan fingerprint density at radius 2 is 1.85 bits per heavy atom. The van der Waals surface area contributed by atoms with Crippen LogP contribution in [0, 0.1) is 0 Å². The molecule has 13 heavy (non-hydrogen) atoms. The van der Waals surface area contributed by atoms with Crippen LogP contribution in [0.3, 0.4) is 0 Å². The summed E-state index contributed by atoms with van der Waals surface area (Å²) in [5, 5.41) is 1.16. The van der Waals surface area contributed by atoms with Gasteiger partial charge in [0.25, 0.3) is 0 Å². The fraction of sp³-hybridized carbons (Fsp3) is 0. The van der Waals surface area contributed by atoms with Crippen LogP contribution in [0.15, 0.2) is 36.7 Å². The van der Waals surface area contributed by atoms with E-state index in [1.165, 1.54) is 4.70 Å². The second kappa shape index (κ2) is 2.50. The summed E-state index contributed by atoms with van der Waals surface area (Å²) in [4.78, 5) is 9.70. The molecule has 0 bridgehead atoms. The second-order valence-electron chi connectivity index (χ2n) is 2.81. The van der Waals surface area contributed by atoms with Gasteiger partial charge in [-0.3, -0.25) is 4.98 Å². The largest absolute Gasteiger partial charge is 0.255 e. The second-order valence-corrected chi connectivity index (χ2v) is 3.84. The monoisotopic (exact) mass is 186 g/mol. The average Bonchev–Trinajstić information content (AvgIpc) is 2.56. The van der Waals surface area contributed by atoms with Crippen molar-refractivity contribution in [2.75, 3.05) is 0 Å².